The van der Waals surface area contributed by atoms with Crippen molar-refractivity contribution in [3.8, 4) is 12.3 Å². The van der Waals surface area contributed by atoms with Crippen LogP contribution in [-0.2, 0) is 14.6 Å². The Kier molecular flexibility index (Phi) is 7.79. The molecule has 0 fully saturated rings. The smallest absolute Gasteiger partial charge is 0.435 e. The second kappa shape index (κ2) is 9.33. The lowest BCUT2D eigenvalue weighted by molar-refractivity contribution is 0.157. The molecule has 0 saturated carbocycles. The zero-order valence-corrected chi connectivity index (χ0v) is 15.9. The maximum absolute atomic E-state index is 12.3. The van der Waals surface area contributed by atoms with Crippen LogP contribution in [0.2, 0.25) is 0 Å². The summed E-state index contributed by atoms with van der Waals surface area (Å²) in [5, 5.41) is 3.77. The lowest BCUT2D eigenvalue weighted by Gasteiger charge is -2.04. The van der Waals surface area contributed by atoms with Gasteiger partial charge in [-0.2, -0.15) is 4.99 Å². The first-order chi connectivity index (χ1) is 11.7. The van der Waals surface area contributed by atoms with Crippen LogP contribution in [0.1, 0.15) is 26.2 Å². The predicted molar refractivity (Wildman–Crippen MR) is 91.9 cm³/mol. The van der Waals surface area contributed by atoms with Crippen molar-refractivity contribution >= 4 is 33.3 Å². The van der Waals surface area contributed by atoms with Gasteiger partial charge in [0.05, 0.1) is 5.75 Å². The molecule has 138 valence electrons. The highest BCUT2D eigenvalue weighted by Crippen LogP contribution is 2.13. The fourth-order valence-corrected chi connectivity index (χ4v) is 4.11. The molecular weight excluding hydrogens is 368 g/mol. The van der Waals surface area contributed by atoms with Crippen molar-refractivity contribution in [2.75, 3.05) is 26.5 Å². The Bertz CT molecular complexity index is 830. The number of ether oxygens (including phenoxy) is 1. The molecule has 1 rings (SSSR count). The van der Waals surface area contributed by atoms with Crippen LogP contribution in [0, 0.1) is 12.3 Å². The minimum atomic E-state index is -3.69. The summed E-state index contributed by atoms with van der Waals surface area (Å²) in [7, 11) is -0.754. The summed E-state index contributed by atoms with van der Waals surface area (Å²) in [6.45, 7) is 1.64. The van der Waals surface area contributed by atoms with Crippen LogP contribution in [0.25, 0.3) is 0 Å². The highest BCUT2D eigenvalue weighted by atomic mass is 32.2. The van der Waals surface area contributed by atoms with Gasteiger partial charge in [-0.3, -0.25) is 0 Å². The Labute approximate surface area is 150 Å². The standard InChI is InChI=1S/C14H20N4O5S2/c1-5-7-8-10-25(21,22)13-16-18(14(20)23-9-6-2)12(24-13)15-11(19)17(3)4/h2H,5,7-10H2,1,3-4H3. The third kappa shape index (κ3) is 5.99. The van der Waals surface area contributed by atoms with E-state index in [1.807, 2.05) is 6.92 Å². The van der Waals surface area contributed by atoms with Gasteiger partial charge in [-0.05, 0) is 6.42 Å². The van der Waals surface area contributed by atoms with Crippen LogP contribution < -0.4 is 4.80 Å². The summed E-state index contributed by atoms with van der Waals surface area (Å²) < 4.78 is 29.8. The molecular formula is C14H20N4O5S2. The molecule has 1 aromatic rings. The van der Waals surface area contributed by atoms with Gasteiger partial charge in [0.1, 0.15) is 0 Å². The van der Waals surface area contributed by atoms with Crippen molar-refractivity contribution in [2.45, 2.75) is 30.5 Å². The number of amides is 2. The number of hydrogen-bond acceptors (Lipinski definition) is 7. The monoisotopic (exact) mass is 388 g/mol. The van der Waals surface area contributed by atoms with E-state index in [1.54, 1.807) is 0 Å². The first-order valence-corrected chi connectivity index (χ1v) is 9.89. The van der Waals surface area contributed by atoms with Crippen LogP contribution in [0.15, 0.2) is 9.33 Å². The molecule has 0 saturated heterocycles. The van der Waals surface area contributed by atoms with E-state index in [1.165, 1.54) is 19.0 Å². The minimum absolute atomic E-state index is 0.102. The molecule has 25 heavy (non-hydrogen) atoms. The third-order valence-electron chi connectivity index (χ3n) is 2.85. The number of carbonyl (C=O) groups excluding carboxylic acids is 2. The van der Waals surface area contributed by atoms with E-state index in [9.17, 15) is 18.0 Å². The van der Waals surface area contributed by atoms with E-state index in [-0.39, 0.29) is 21.5 Å². The molecule has 11 heteroatoms. The molecule has 0 spiro atoms. The van der Waals surface area contributed by atoms with E-state index >= 15 is 0 Å². The summed E-state index contributed by atoms with van der Waals surface area (Å²) in [6, 6.07) is -0.669. The van der Waals surface area contributed by atoms with Crippen molar-refractivity contribution in [3.63, 3.8) is 0 Å². The van der Waals surface area contributed by atoms with E-state index < -0.39 is 22.0 Å². The average Bonchev–Trinajstić information content (AvgIpc) is 2.97. The summed E-state index contributed by atoms with van der Waals surface area (Å²) in [4.78, 5) is 28.4. The number of aromatic nitrogens is 2. The van der Waals surface area contributed by atoms with Crippen molar-refractivity contribution in [1.82, 2.24) is 14.7 Å². The van der Waals surface area contributed by atoms with Crippen molar-refractivity contribution in [2.24, 2.45) is 4.99 Å². The predicted octanol–water partition coefficient (Wildman–Crippen LogP) is 1.11. The normalized spacial score (nSPS) is 11.8. The number of carbonyl (C=O) groups is 2. The molecule has 2 amide bonds. The fourth-order valence-electron chi connectivity index (χ4n) is 1.56. The zero-order valence-electron chi connectivity index (χ0n) is 14.3. The summed E-state index contributed by atoms with van der Waals surface area (Å²) >= 11 is 0.629. The van der Waals surface area contributed by atoms with Gasteiger partial charge in [-0.1, -0.05) is 37.0 Å². The second-order valence-corrected chi connectivity index (χ2v) is 8.37. The van der Waals surface area contributed by atoms with E-state index in [0.717, 1.165) is 12.8 Å². The second-order valence-electron chi connectivity index (χ2n) is 5.14. The molecule has 0 N–H and O–H groups in total. The average molecular weight is 388 g/mol. The molecule has 0 aliphatic heterocycles. The Hall–Kier alpha value is -2.19. The molecule has 0 unspecified atom stereocenters. The topological polar surface area (TPSA) is 111 Å². The van der Waals surface area contributed by atoms with Crippen LogP contribution in [0.5, 0.6) is 0 Å². The maximum Gasteiger partial charge on any atom is 0.438 e. The number of urea groups is 1. The molecule has 1 aromatic heterocycles. The lowest BCUT2D eigenvalue weighted by atomic mass is 10.3. The van der Waals surface area contributed by atoms with Gasteiger partial charge in [0.15, 0.2) is 6.61 Å². The van der Waals surface area contributed by atoms with Crippen molar-refractivity contribution in [3.05, 3.63) is 4.80 Å². The lowest BCUT2D eigenvalue weighted by Crippen LogP contribution is -2.29. The van der Waals surface area contributed by atoms with Gasteiger partial charge in [0.25, 0.3) is 0 Å². The van der Waals surface area contributed by atoms with Crippen LogP contribution in [-0.4, -0.2) is 61.7 Å². The minimum Gasteiger partial charge on any atom is -0.435 e. The number of rotatable bonds is 6. The molecule has 1 heterocycles. The molecule has 0 bridgehead atoms. The molecule has 0 radical (unpaired) electrons. The van der Waals surface area contributed by atoms with Crippen molar-refractivity contribution < 1.29 is 22.7 Å². The summed E-state index contributed by atoms with van der Waals surface area (Å²) in [5.41, 5.74) is 0. The molecule has 0 aromatic carbocycles. The zero-order chi connectivity index (χ0) is 19.0. The summed E-state index contributed by atoms with van der Waals surface area (Å²) in [5.74, 6) is 2.01. The highest BCUT2D eigenvalue weighted by molar-refractivity contribution is 7.93. The molecule has 0 atom stereocenters. The van der Waals surface area contributed by atoms with Gasteiger partial charge in [0, 0.05) is 14.1 Å². The van der Waals surface area contributed by atoms with Gasteiger partial charge in [-0.15, -0.1) is 16.2 Å². The number of hydrogen-bond donors (Lipinski definition) is 0. The molecule has 9 nitrogen and oxygen atoms in total. The van der Waals surface area contributed by atoms with E-state index in [4.69, 9.17) is 11.2 Å². The van der Waals surface area contributed by atoms with Crippen LogP contribution >= 0.6 is 11.3 Å². The van der Waals surface area contributed by atoms with E-state index in [2.05, 4.69) is 16.0 Å². The first kappa shape index (κ1) is 20.9. The van der Waals surface area contributed by atoms with Gasteiger partial charge >= 0.3 is 12.1 Å². The number of sulfone groups is 1. The molecule has 0 aliphatic carbocycles. The summed E-state index contributed by atoms with van der Waals surface area (Å²) in [6.07, 6.45) is 6.11. The Morgan fingerprint density at radius 1 is 1.40 bits per heavy atom. The van der Waals surface area contributed by atoms with Gasteiger partial charge < -0.3 is 9.64 Å². The molecule has 0 aliphatic rings. The van der Waals surface area contributed by atoms with Crippen LogP contribution in [0.4, 0.5) is 9.59 Å². The third-order valence-corrected chi connectivity index (χ3v) is 6.00. The number of terminal acetylenes is 1. The number of unbranched alkanes of at least 4 members (excludes halogenated alkanes) is 2. The maximum atomic E-state index is 12.3. The van der Waals surface area contributed by atoms with Gasteiger partial charge in [-0.25, -0.2) is 18.0 Å². The highest BCUT2D eigenvalue weighted by Gasteiger charge is 2.23. The SMILES string of the molecule is C#CCOC(=O)n1nc(S(=O)(=O)CCCCC)sc1=NC(=O)N(C)C. The Morgan fingerprint density at radius 2 is 2.08 bits per heavy atom. The number of nitrogens with zero attached hydrogens (tertiary/aromatic N) is 4. The first-order valence-electron chi connectivity index (χ1n) is 7.42. The van der Waals surface area contributed by atoms with Crippen molar-refractivity contribution in [1.29, 1.82) is 0 Å². The largest absolute Gasteiger partial charge is 0.438 e. The van der Waals surface area contributed by atoms with Crippen LogP contribution in [0.3, 0.4) is 0 Å². The fraction of sp³-hybridized carbons (Fsp3) is 0.571. The van der Waals surface area contributed by atoms with E-state index in [0.29, 0.717) is 22.4 Å². The van der Waals surface area contributed by atoms with Gasteiger partial charge in [0.2, 0.25) is 19.0 Å². The quantitative estimate of drug-likeness (QED) is 0.533. The Morgan fingerprint density at radius 3 is 2.64 bits per heavy atom. The Balaban J connectivity index is 3.31.